The lowest BCUT2D eigenvalue weighted by molar-refractivity contribution is 0.198. The minimum absolute atomic E-state index is 0.0935. The summed E-state index contributed by atoms with van der Waals surface area (Å²) in [6, 6.07) is 7.80. The first-order valence-electron chi connectivity index (χ1n) is 8.48. The molecule has 6 nitrogen and oxygen atoms in total. The molecule has 1 aliphatic rings. The minimum Gasteiger partial charge on any atom is -0.496 e. The number of methoxy groups -OCH3 is 1. The number of fused-ring (bicyclic) bond motifs is 1. The van der Waals surface area contributed by atoms with E-state index in [2.05, 4.69) is 20.8 Å². The fourth-order valence-electron chi connectivity index (χ4n) is 3.40. The zero-order valence-electron chi connectivity index (χ0n) is 14.4. The zero-order chi connectivity index (χ0) is 18.3. The number of aromatic nitrogens is 2. The second-order valence-electron chi connectivity index (χ2n) is 6.47. The van der Waals surface area contributed by atoms with E-state index in [9.17, 15) is 10.2 Å². The summed E-state index contributed by atoms with van der Waals surface area (Å²) in [5.41, 5.74) is 4.30. The van der Waals surface area contributed by atoms with Crippen LogP contribution in [0, 0.1) is 0 Å². The van der Waals surface area contributed by atoms with E-state index in [1.54, 1.807) is 7.11 Å². The van der Waals surface area contributed by atoms with Gasteiger partial charge in [0.15, 0.2) is 0 Å². The second kappa shape index (κ2) is 6.90. The SMILES string of the molecule is COc1cc(CO)c(-c2cn3ccc(N4CCC(O)C4)cc3n2)cc1Br. The van der Waals surface area contributed by atoms with Gasteiger partial charge in [-0.05, 0) is 46.1 Å². The molecule has 1 atom stereocenters. The number of aliphatic hydroxyl groups is 2. The number of hydrogen-bond donors (Lipinski definition) is 2. The van der Waals surface area contributed by atoms with Crippen molar-refractivity contribution in [1.82, 2.24) is 9.38 Å². The molecule has 1 aromatic carbocycles. The van der Waals surface area contributed by atoms with Crippen LogP contribution < -0.4 is 9.64 Å². The average molecular weight is 418 g/mol. The van der Waals surface area contributed by atoms with Crippen LogP contribution in [0.5, 0.6) is 5.75 Å². The van der Waals surface area contributed by atoms with E-state index in [0.717, 1.165) is 45.6 Å². The Morgan fingerprint density at radius 1 is 1.35 bits per heavy atom. The number of hydrogen-bond acceptors (Lipinski definition) is 5. The molecule has 0 radical (unpaired) electrons. The van der Waals surface area contributed by atoms with Crippen molar-refractivity contribution in [3.63, 3.8) is 0 Å². The van der Waals surface area contributed by atoms with Gasteiger partial charge in [-0.15, -0.1) is 0 Å². The largest absolute Gasteiger partial charge is 0.496 e. The first kappa shape index (κ1) is 17.3. The van der Waals surface area contributed by atoms with E-state index in [0.29, 0.717) is 12.3 Å². The van der Waals surface area contributed by atoms with Crippen molar-refractivity contribution in [1.29, 1.82) is 0 Å². The molecule has 0 spiro atoms. The fraction of sp³-hybridized carbons (Fsp3) is 0.316. The normalized spacial score (nSPS) is 17.2. The van der Waals surface area contributed by atoms with Crippen LogP contribution in [0.2, 0.25) is 0 Å². The first-order chi connectivity index (χ1) is 12.6. The number of imidazole rings is 1. The lowest BCUT2D eigenvalue weighted by atomic mass is 10.1. The smallest absolute Gasteiger partial charge is 0.139 e. The third-order valence-corrected chi connectivity index (χ3v) is 5.42. The summed E-state index contributed by atoms with van der Waals surface area (Å²) in [6.07, 6.45) is 4.46. The molecule has 26 heavy (non-hydrogen) atoms. The van der Waals surface area contributed by atoms with Crippen LogP contribution in [0.4, 0.5) is 5.69 Å². The van der Waals surface area contributed by atoms with Crippen LogP contribution >= 0.6 is 15.9 Å². The predicted molar refractivity (Wildman–Crippen MR) is 104 cm³/mol. The molecule has 3 aromatic rings. The molecule has 3 heterocycles. The number of ether oxygens (including phenoxy) is 1. The fourth-order valence-corrected chi connectivity index (χ4v) is 3.90. The van der Waals surface area contributed by atoms with E-state index in [4.69, 9.17) is 9.72 Å². The molecule has 2 aromatic heterocycles. The molecule has 136 valence electrons. The zero-order valence-corrected chi connectivity index (χ0v) is 16.0. The molecule has 2 N–H and O–H groups in total. The van der Waals surface area contributed by atoms with Gasteiger partial charge in [-0.1, -0.05) is 0 Å². The Balaban J connectivity index is 1.75. The first-order valence-corrected chi connectivity index (χ1v) is 9.27. The Bertz CT molecular complexity index is 957. The number of pyridine rings is 1. The van der Waals surface area contributed by atoms with Crippen molar-refractivity contribution < 1.29 is 14.9 Å². The molecule has 0 saturated carbocycles. The number of anilines is 1. The van der Waals surface area contributed by atoms with Crippen molar-refractivity contribution in [3.05, 3.63) is 46.7 Å². The van der Waals surface area contributed by atoms with Crippen LogP contribution in [0.3, 0.4) is 0 Å². The van der Waals surface area contributed by atoms with Crippen molar-refractivity contribution in [2.45, 2.75) is 19.1 Å². The lowest BCUT2D eigenvalue weighted by Crippen LogP contribution is -2.21. The number of nitrogens with zero attached hydrogens (tertiary/aromatic N) is 3. The molecule has 0 amide bonds. The highest BCUT2D eigenvalue weighted by Crippen LogP contribution is 2.34. The molecule has 7 heteroatoms. The summed E-state index contributed by atoms with van der Waals surface area (Å²) >= 11 is 3.50. The highest BCUT2D eigenvalue weighted by atomic mass is 79.9. The molecule has 0 aliphatic carbocycles. The summed E-state index contributed by atoms with van der Waals surface area (Å²) in [6.45, 7) is 1.42. The Hall–Kier alpha value is -2.09. The maximum absolute atomic E-state index is 9.75. The molecule has 1 aliphatic heterocycles. The Kier molecular flexibility index (Phi) is 4.60. The van der Waals surface area contributed by atoms with Gasteiger partial charge in [0, 0.05) is 42.8 Å². The van der Waals surface area contributed by atoms with Crippen LogP contribution in [0.25, 0.3) is 16.9 Å². The topological polar surface area (TPSA) is 70.2 Å². The van der Waals surface area contributed by atoms with Crippen molar-refractivity contribution >= 4 is 27.3 Å². The van der Waals surface area contributed by atoms with Crippen molar-refractivity contribution in [2.75, 3.05) is 25.1 Å². The van der Waals surface area contributed by atoms with Crippen LogP contribution in [0.15, 0.2) is 41.1 Å². The molecule has 1 fully saturated rings. The predicted octanol–water partition coefficient (Wildman–Crippen LogP) is 2.84. The Labute approximate surface area is 159 Å². The van der Waals surface area contributed by atoms with Gasteiger partial charge in [-0.3, -0.25) is 0 Å². The molecular formula is C19H20BrN3O3. The summed E-state index contributed by atoms with van der Waals surface area (Å²) in [5.74, 6) is 0.677. The standard InChI is InChI=1S/C19H20BrN3O3/c1-26-18-6-12(11-24)15(8-16(18)20)17-10-23-4-2-13(7-19(23)21-17)22-5-3-14(25)9-22/h2,4,6-8,10,14,24-25H,3,5,9,11H2,1H3. The third-order valence-electron chi connectivity index (χ3n) is 4.80. The third kappa shape index (κ3) is 3.06. The van der Waals surface area contributed by atoms with Crippen molar-refractivity contribution in [2.24, 2.45) is 0 Å². The maximum Gasteiger partial charge on any atom is 0.139 e. The van der Waals surface area contributed by atoms with Gasteiger partial charge in [0.25, 0.3) is 0 Å². The number of benzene rings is 1. The summed E-state index contributed by atoms with van der Waals surface area (Å²) in [5, 5.41) is 19.5. The molecular weight excluding hydrogens is 398 g/mol. The van der Waals surface area contributed by atoms with E-state index in [1.165, 1.54) is 0 Å². The van der Waals surface area contributed by atoms with Crippen molar-refractivity contribution in [3.8, 4) is 17.0 Å². The van der Waals surface area contributed by atoms with Gasteiger partial charge in [-0.2, -0.15) is 0 Å². The van der Waals surface area contributed by atoms with Crippen LogP contribution in [-0.2, 0) is 6.61 Å². The van der Waals surface area contributed by atoms with Gasteiger partial charge in [0.2, 0.25) is 0 Å². The molecule has 1 saturated heterocycles. The second-order valence-corrected chi connectivity index (χ2v) is 7.32. The maximum atomic E-state index is 9.75. The quantitative estimate of drug-likeness (QED) is 0.682. The van der Waals surface area contributed by atoms with E-state index < -0.39 is 0 Å². The van der Waals surface area contributed by atoms with Gasteiger partial charge in [0.1, 0.15) is 11.4 Å². The average Bonchev–Trinajstić information content (AvgIpc) is 3.26. The number of β-amino-alcohol motifs (C(OH)–C–C–N with tert-alkyl or cyclic N) is 1. The number of aliphatic hydroxyl groups excluding tert-OH is 2. The summed E-state index contributed by atoms with van der Waals surface area (Å²) in [4.78, 5) is 6.91. The minimum atomic E-state index is -0.259. The van der Waals surface area contributed by atoms with E-state index >= 15 is 0 Å². The lowest BCUT2D eigenvalue weighted by Gasteiger charge is -2.17. The van der Waals surface area contributed by atoms with Gasteiger partial charge < -0.3 is 24.3 Å². The highest BCUT2D eigenvalue weighted by molar-refractivity contribution is 9.10. The monoisotopic (exact) mass is 417 g/mol. The Morgan fingerprint density at radius 3 is 2.88 bits per heavy atom. The van der Waals surface area contributed by atoms with Gasteiger partial charge in [0.05, 0.1) is 30.0 Å². The number of rotatable bonds is 4. The Morgan fingerprint density at radius 2 is 2.19 bits per heavy atom. The molecule has 0 bridgehead atoms. The van der Waals surface area contributed by atoms with Crippen LogP contribution in [-0.4, -0.2) is 45.9 Å². The van der Waals surface area contributed by atoms with Crippen LogP contribution in [0.1, 0.15) is 12.0 Å². The van der Waals surface area contributed by atoms with E-state index in [1.807, 2.05) is 41.1 Å². The molecule has 4 rings (SSSR count). The molecule has 1 unspecified atom stereocenters. The highest BCUT2D eigenvalue weighted by Gasteiger charge is 2.21. The summed E-state index contributed by atoms with van der Waals surface area (Å²) in [7, 11) is 1.60. The number of halogens is 1. The summed E-state index contributed by atoms with van der Waals surface area (Å²) < 4.78 is 8.09. The van der Waals surface area contributed by atoms with Gasteiger partial charge in [-0.25, -0.2) is 4.98 Å². The van der Waals surface area contributed by atoms with Gasteiger partial charge >= 0.3 is 0 Å². The van der Waals surface area contributed by atoms with E-state index in [-0.39, 0.29) is 12.7 Å².